The molecule has 1 aromatic heterocycles. The van der Waals surface area contributed by atoms with Gasteiger partial charge in [0.05, 0.1) is 31.5 Å². The first kappa shape index (κ1) is 19.2. The summed E-state index contributed by atoms with van der Waals surface area (Å²) in [5.74, 6) is 0.880. The van der Waals surface area contributed by atoms with E-state index in [0.717, 1.165) is 34.5 Å². The second-order valence-electron chi connectivity index (χ2n) is 6.76. The molecule has 0 radical (unpaired) electrons. The van der Waals surface area contributed by atoms with E-state index in [2.05, 4.69) is 11.9 Å². The summed E-state index contributed by atoms with van der Waals surface area (Å²) >= 11 is 0. The number of carbonyl (C=O) groups excluding carboxylic acids is 1. The third-order valence-corrected chi connectivity index (χ3v) is 4.86. The smallest absolute Gasteiger partial charge is 0.218 e. The van der Waals surface area contributed by atoms with Crippen LogP contribution in [0.15, 0.2) is 41.4 Å². The van der Waals surface area contributed by atoms with Crippen molar-refractivity contribution in [1.29, 1.82) is 0 Å². The van der Waals surface area contributed by atoms with Crippen molar-refractivity contribution in [3.05, 3.63) is 64.5 Å². The zero-order chi connectivity index (χ0) is 19.2. The lowest BCUT2D eigenvalue weighted by atomic mass is 9.92. The molecule has 1 aliphatic heterocycles. The second kappa shape index (κ2) is 8.91. The predicted octanol–water partition coefficient (Wildman–Crippen LogP) is 3.48. The molecule has 0 spiro atoms. The standard InChI is InChI=1S/C22H26N2O3/c1-4-20-21-16(13-23-22(21)27-3)10-18(24-20)12-19(25)11-17(14-26-2)15-8-6-5-7-9-15/h5-10,17H,4,11-14H2,1-3H3/t17-/m1/s1. The van der Waals surface area contributed by atoms with E-state index in [1.807, 2.05) is 36.4 Å². The Morgan fingerprint density at radius 1 is 1.22 bits per heavy atom. The molecule has 0 saturated carbocycles. The Hall–Kier alpha value is -2.53. The summed E-state index contributed by atoms with van der Waals surface area (Å²) in [4.78, 5) is 21.9. The third kappa shape index (κ3) is 4.42. The number of carbonyl (C=O) groups is 1. The molecule has 0 unspecified atom stereocenters. The van der Waals surface area contributed by atoms with Crippen LogP contribution in [0.25, 0.3) is 0 Å². The number of benzene rings is 1. The van der Waals surface area contributed by atoms with Crippen molar-refractivity contribution in [2.24, 2.45) is 4.99 Å². The van der Waals surface area contributed by atoms with E-state index < -0.39 is 0 Å². The van der Waals surface area contributed by atoms with Gasteiger partial charge in [-0.15, -0.1) is 0 Å². The summed E-state index contributed by atoms with van der Waals surface area (Å²) in [7, 11) is 3.30. The van der Waals surface area contributed by atoms with E-state index in [0.29, 0.717) is 31.9 Å². The van der Waals surface area contributed by atoms with Crippen molar-refractivity contribution < 1.29 is 14.3 Å². The maximum Gasteiger partial charge on any atom is 0.218 e. The highest BCUT2D eigenvalue weighted by Crippen LogP contribution is 2.25. The molecule has 27 heavy (non-hydrogen) atoms. The Balaban J connectivity index is 1.74. The Morgan fingerprint density at radius 2 is 2.00 bits per heavy atom. The summed E-state index contributed by atoms with van der Waals surface area (Å²) in [6, 6.07) is 12.0. The predicted molar refractivity (Wildman–Crippen MR) is 105 cm³/mol. The van der Waals surface area contributed by atoms with Gasteiger partial charge < -0.3 is 9.47 Å². The number of rotatable bonds is 8. The lowest BCUT2D eigenvalue weighted by molar-refractivity contribution is -0.119. The van der Waals surface area contributed by atoms with Gasteiger partial charge in [0, 0.05) is 31.6 Å². The van der Waals surface area contributed by atoms with E-state index >= 15 is 0 Å². The molecule has 0 N–H and O–H groups in total. The fourth-order valence-corrected chi connectivity index (χ4v) is 3.60. The maximum absolute atomic E-state index is 12.7. The zero-order valence-electron chi connectivity index (χ0n) is 16.2. The van der Waals surface area contributed by atoms with Crippen LogP contribution in [0.5, 0.6) is 0 Å². The minimum Gasteiger partial charge on any atom is -0.481 e. The van der Waals surface area contributed by atoms with Crippen LogP contribution in [0.3, 0.4) is 0 Å². The minimum atomic E-state index is 0.0622. The van der Waals surface area contributed by atoms with E-state index in [4.69, 9.17) is 14.5 Å². The maximum atomic E-state index is 12.7. The lowest BCUT2D eigenvalue weighted by Crippen LogP contribution is -2.15. The molecule has 142 valence electrons. The largest absolute Gasteiger partial charge is 0.481 e. The lowest BCUT2D eigenvalue weighted by Gasteiger charge is -2.16. The van der Waals surface area contributed by atoms with Gasteiger partial charge in [-0.1, -0.05) is 37.3 Å². The molecule has 2 aromatic rings. The highest BCUT2D eigenvalue weighted by molar-refractivity contribution is 5.98. The molecule has 0 amide bonds. The van der Waals surface area contributed by atoms with E-state index in [1.165, 1.54) is 0 Å². The van der Waals surface area contributed by atoms with Crippen LogP contribution in [-0.4, -0.2) is 37.5 Å². The van der Waals surface area contributed by atoms with Crippen LogP contribution >= 0.6 is 0 Å². The van der Waals surface area contributed by atoms with Crippen LogP contribution in [0.4, 0.5) is 0 Å². The van der Waals surface area contributed by atoms with Crippen molar-refractivity contribution in [3.8, 4) is 0 Å². The molecular formula is C22H26N2O3. The number of nitrogens with zero attached hydrogens (tertiary/aromatic N) is 2. The first-order valence-corrected chi connectivity index (χ1v) is 9.32. The summed E-state index contributed by atoms with van der Waals surface area (Å²) in [5.41, 5.74) is 4.98. The van der Waals surface area contributed by atoms with Crippen LogP contribution in [0.2, 0.25) is 0 Å². The van der Waals surface area contributed by atoms with Crippen LogP contribution < -0.4 is 0 Å². The highest BCUT2D eigenvalue weighted by Gasteiger charge is 2.23. The van der Waals surface area contributed by atoms with E-state index in [9.17, 15) is 4.79 Å². The molecule has 2 heterocycles. The Bertz CT molecular complexity index is 831. The van der Waals surface area contributed by atoms with Gasteiger partial charge in [0.15, 0.2) is 0 Å². The topological polar surface area (TPSA) is 60.8 Å². The normalized spacial score (nSPS) is 13.8. The van der Waals surface area contributed by atoms with E-state index in [-0.39, 0.29) is 11.7 Å². The molecule has 3 rings (SSSR count). The summed E-state index contributed by atoms with van der Waals surface area (Å²) in [5, 5.41) is 0. The number of fused-ring (bicyclic) bond motifs is 1. The van der Waals surface area contributed by atoms with Gasteiger partial charge in [-0.2, -0.15) is 0 Å². The monoisotopic (exact) mass is 366 g/mol. The fraction of sp³-hybridized carbons (Fsp3) is 0.409. The molecule has 1 atom stereocenters. The first-order valence-electron chi connectivity index (χ1n) is 9.32. The molecule has 0 bridgehead atoms. The van der Waals surface area contributed by atoms with Gasteiger partial charge >= 0.3 is 0 Å². The Kier molecular flexibility index (Phi) is 6.35. The molecule has 0 aliphatic carbocycles. The van der Waals surface area contributed by atoms with Crippen molar-refractivity contribution in [3.63, 3.8) is 0 Å². The number of aliphatic imine (C=N–C) groups is 1. The summed E-state index contributed by atoms with van der Waals surface area (Å²) in [6.07, 6.45) is 1.55. The van der Waals surface area contributed by atoms with Crippen molar-refractivity contribution in [1.82, 2.24) is 4.98 Å². The van der Waals surface area contributed by atoms with Crippen LogP contribution in [0.1, 0.15) is 47.3 Å². The first-order chi connectivity index (χ1) is 13.2. The quantitative estimate of drug-likeness (QED) is 0.718. The van der Waals surface area contributed by atoms with Crippen LogP contribution in [0, 0.1) is 0 Å². The van der Waals surface area contributed by atoms with Gasteiger partial charge in [0.1, 0.15) is 5.78 Å². The van der Waals surface area contributed by atoms with Crippen LogP contribution in [-0.2, 0) is 33.7 Å². The number of hydrogen-bond donors (Lipinski definition) is 0. The number of ether oxygens (including phenoxy) is 2. The van der Waals surface area contributed by atoms with Gasteiger partial charge in [0.25, 0.3) is 0 Å². The number of aryl methyl sites for hydroxylation is 1. The summed E-state index contributed by atoms with van der Waals surface area (Å²) in [6.45, 7) is 3.17. The average Bonchev–Trinajstić information content (AvgIpc) is 3.10. The zero-order valence-corrected chi connectivity index (χ0v) is 16.2. The van der Waals surface area contributed by atoms with Crippen molar-refractivity contribution in [2.75, 3.05) is 20.8 Å². The third-order valence-electron chi connectivity index (χ3n) is 4.86. The van der Waals surface area contributed by atoms with E-state index in [1.54, 1.807) is 14.2 Å². The van der Waals surface area contributed by atoms with Gasteiger partial charge in [-0.3, -0.25) is 9.78 Å². The Labute approximate surface area is 160 Å². The van der Waals surface area contributed by atoms with Gasteiger partial charge in [0.2, 0.25) is 5.90 Å². The molecular weight excluding hydrogens is 340 g/mol. The molecule has 0 fully saturated rings. The Morgan fingerprint density at radius 3 is 2.67 bits per heavy atom. The number of aromatic nitrogens is 1. The van der Waals surface area contributed by atoms with Crippen molar-refractivity contribution >= 4 is 11.7 Å². The average molecular weight is 366 g/mol. The fourth-order valence-electron chi connectivity index (χ4n) is 3.60. The van der Waals surface area contributed by atoms with Gasteiger partial charge in [-0.25, -0.2) is 4.99 Å². The van der Waals surface area contributed by atoms with Crippen molar-refractivity contribution in [2.45, 2.75) is 38.6 Å². The molecule has 1 aliphatic rings. The molecule has 5 heteroatoms. The number of methoxy groups -OCH3 is 2. The summed E-state index contributed by atoms with van der Waals surface area (Å²) < 4.78 is 10.7. The van der Waals surface area contributed by atoms with Gasteiger partial charge in [-0.05, 0) is 23.6 Å². The molecule has 0 saturated heterocycles. The minimum absolute atomic E-state index is 0.0622. The number of Topliss-reactive ketones (excluding diaryl/α,β-unsaturated/α-hetero) is 1. The second-order valence-corrected chi connectivity index (χ2v) is 6.76. The number of hydrogen-bond acceptors (Lipinski definition) is 5. The number of ketones is 1. The molecule has 1 aromatic carbocycles. The number of pyridine rings is 1. The molecule has 5 nitrogen and oxygen atoms in total. The SMILES string of the molecule is CCc1nc(CC(=O)C[C@H](COC)c2ccccc2)cc2c1C(OC)=NC2. The highest BCUT2D eigenvalue weighted by atomic mass is 16.5.